The summed E-state index contributed by atoms with van der Waals surface area (Å²) < 4.78 is 11.8. The lowest BCUT2D eigenvalue weighted by molar-refractivity contribution is -0.130. The first-order valence-corrected chi connectivity index (χ1v) is 8.86. The number of fused-ring (bicyclic) bond motifs is 1. The maximum atomic E-state index is 11.9. The third-order valence-corrected chi connectivity index (χ3v) is 5.10. The van der Waals surface area contributed by atoms with Crippen LogP contribution in [0, 0.1) is 0 Å². The van der Waals surface area contributed by atoms with Crippen molar-refractivity contribution in [2.45, 2.75) is 31.3 Å². The zero-order chi connectivity index (χ0) is 18.1. The normalized spacial score (nSPS) is 19.5. The Morgan fingerprint density at radius 1 is 1.04 bits per heavy atom. The maximum Gasteiger partial charge on any atom is 0.243 e. The molecule has 0 N–H and O–H groups in total. The van der Waals surface area contributed by atoms with Crippen molar-refractivity contribution in [2.24, 2.45) is 5.10 Å². The van der Waals surface area contributed by atoms with E-state index in [0.717, 1.165) is 24.2 Å². The summed E-state index contributed by atoms with van der Waals surface area (Å²) in [6.07, 6.45) is 4.14. The summed E-state index contributed by atoms with van der Waals surface area (Å²) >= 11 is 0. The van der Waals surface area contributed by atoms with Gasteiger partial charge in [0, 0.05) is 38.4 Å². The van der Waals surface area contributed by atoms with Crippen molar-refractivity contribution >= 4 is 12.1 Å². The first-order chi connectivity index (χ1) is 12.6. The number of amides is 1. The lowest BCUT2D eigenvalue weighted by Gasteiger charge is -2.23. The Morgan fingerprint density at radius 2 is 1.77 bits per heavy atom. The number of hydrogen-bond acceptors (Lipinski definition) is 4. The summed E-state index contributed by atoms with van der Waals surface area (Å²) in [5.41, 5.74) is 3.71. The molecule has 2 aromatic rings. The summed E-state index contributed by atoms with van der Waals surface area (Å²) in [6, 6.07) is 14.3. The first-order valence-electron chi connectivity index (χ1n) is 8.86. The Hall–Kier alpha value is -2.82. The fourth-order valence-corrected chi connectivity index (χ4v) is 3.62. The number of nitrogens with zero attached hydrogens (tertiary/aromatic N) is 2. The number of methoxy groups -OCH3 is 1. The SMILES string of the molecule is COc1ccc(C2C=NN(C)C(=O)C2)cc1OC1Cc2ccccc2C1. The highest BCUT2D eigenvalue weighted by Gasteiger charge is 2.26. The first kappa shape index (κ1) is 16.6. The number of hydrogen-bond donors (Lipinski definition) is 0. The van der Waals surface area contributed by atoms with E-state index in [4.69, 9.17) is 9.47 Å². The van der Waals surface area contributed by atoms with Crippen molar-refractivity contribution in [1.29, 1.82) is 0 Å². The number of rotatable bonds is 4. The second-order valence-electron chi connectivity index (χ2n) is 6.82. The van der Waals surface area contributed by atoms with Crippen LogP contribution < -0.4 is 9.47 Å². The average Bonchev–Trinajstić information content (AvgIpc) is 3.06. The van der Waals surface area contributed by atoms with Crippen LogP contribution in [0.1, 0.15) is 29.0 Å². The van der Waals surface area contributed by atoms with E-state index in [9.17, 15) is 4.79 Å². The van der Waals surface area contributed by atoms with Crippen LogP contribution in [0.2, 0.25) is 0 Å². The standard InChI is InChI=1S/C21H22N2O3/c1-23-21(24)12-17(13-22-23)16-7-8-19(25-2)20(11-16)26-18-9-14-5-3-4-6-15(14)10-18/h3-8,11,13,17-18H,9-10,12H2,1-2H3. The van der Waals surface area contributed by atoms with Crippen LogP contribution in [-0.4, -0.2) is 37.4 Å². The van der Waals surface area contributed by atoms with E-state index in [1.54, 1.807) is 14.2 Å². The molecule has 0 spiro atoms. The molecule has 5 nitrogen and oxygen atoms in total. The minimum atomic E-state index is -0.0345. The Bertz CT molecular complexity index is 837. The predicted octanol–water partition coefficient (Wildman–Crippen LogP) is 3.17. The summed E-state index contributed by atoms with van der Waals surface area (Å²) in [7, 11) is 3.32. The second-order valence-corrected chi connectivity index (χ2v) is 6.82. The molecule has 1 aliphatic carbocycles. The molecular formula is C21H22N2O3. The van der Waals surface area contributed by atoms with Gasteiger partial charge in [-0.2, -0.15) is 5.10 Å². The van der Waals surface area contributed by atoms with E-state index >= 15 is 0 Å². The molecule has 0 radical (unpaired) electrons. The van der Waals surface area contributed by atoms with E-state index in [0.29, 0.717) is 12.2 Å². The molecule has 1 unspecified atom stereocenters. The van der Waals surface area contributed by atoms with Gasteiger partial charge in [0.1, 0.15) is 6.10 Å². The quantitative estimate of drug-likeness (QED) is 0.851. The summed E-state index contributed by atoms with van der Waals surface area (Å²) in [5.74, 6) is 1.42. The van der Waals surface area contributed by atoms with Crippen molar-refractivity contribution in [3.63, 3.8) is 0 Å². The molecule has 1 amide bonds. The monoisotopic (exact) mass is 350 g/mol. The lowest BCUT2D eigenvalue weighted by atomic mass is 9.95. The molecule has 2 aromatic carbocycles. The average molecular weight is 350 g/mol. The number of carbonyl (C=O) groups is 1. The molecule has 0 bridgehead atoms. The molecular weight excluding hydrogens is 328 g/mol. The van der Waals surface area contributed by atoms with Crippen LogP contribution in [-0.2, 0) is 17.6 Å². The van der Waals surface area contributed by atoms with E-state index in [1.807, 2.05) is 24.4 Å². The van der Waals surface area contributed by atoms with Gasteiger partial charge in [-0.15, -0.1) is 0 Å². The van der Waals surface area contributed by atoms with Gasteiger partial charge in [-0.25, -0.2) is 5.01 Å². The molecule has 134 valence electrons. The van der Waals surface area contributed by atoms with E-state index in [2.05, 4.69) is 29.4 Å². The zero-order valence-electron chi connectivity index (χ0n) is 15.0. The molecule has 2 aliphatic rings. The Balaban J connectivity index is 1.56. The van der Waals surface area contributed by atoms with Crippen LogP contribution >= 0.6 is 0 Å². The van der Waals surface area contributed by atoms with Gasteiger partial charge in [-0.1, -0.05) is 30.3 Å². The van der Waals surface area contributed by atoms with Gasteiger partial charge in [0.2, 0.25) is 5.91 Å². The highest BCUT2D eigenvalue weighted by atomic mass is 16.5. The van der Waals surface area contributed by atoms with Gasteiger partial charge < -0.3 is 9.47 Å². The number of hydrazone groups is 1. The molecule has 4 rings (SSSR count). The van der Waals surface area contributed by atoms with Crippen LogP contribution in [0.15, 0.2) is 47.6 Å². The number of carbonyl (C=O) groups excluding carboxylic acids is 1. The molecule has 1 aliphatic heterocycles. The van der Waals surface area contributed by atoms with Crippen molar-refractivity contribution in [3.05, 3.63) is 59.2 Å². The van der Waals surface area contributed by atoms with E-state index in [-0.39, 0.29) is 17.9 Å². The molecule has 0 saturated carbocycles. The molecule has 0 aromatic heterocycles. The topological polar surface area (TPSA) is 51.1 Å². The Morgan fingerprint density at radius 3 is 2.42 bits per heavy atom. The zero-order valence-corrected chi connectivity index (χ0v) is 15.0. The minimum absolute atomic E-state index is 0.0158. The van der Waals surface area contributed by atoms with Crippen LogP contribution in [0.3, 0.4) is 0 Å². The van der Waals surface area contributed by atoms with Gasteiger partial charge in [0.25, 0.3) is 0 Å². The van der Waals surface area contributed by atoms with Gasteiger partial charge in [-0.05, 0) is 28.8 Å². The van der Waals surface area contributed by atoms with Gasteiger partial charge in [-0.3, -0.25) is 4.79 Å². The van der Waals surface area contributed by atoms with Gasteiger partial charge in [0.05, 0.1) is 7.11 Å². The molecule has 1 atom stereocenters. The summed E-state index contributed by atoms with van der Waals surface area (Å²) in [5, 5.41) is 5.54. The van der Waals surface area contributed by atoms with Crippen molar-refractivity contribution < 1.29 is 14.3 Å². The number of ether oxygens (including phenoxy) is 2. The predicted molar refractivity (Wildman–Crippen MR) is 99.9 cm³/mol. The minimum Gasteiger partial charge on any atom is -0.493 e. The van der Waals surface area contributed by atoms with Crippen molar-refractivity contribution in [2.75, 3.05) is 14.2 Å². The molecule has 0 saturated heterocycles. The van der Waals surface area contributed by atoms with E-state index < -0.39 is 0 Å². The highest BCUT2D eigenvalue weighted by Crippen LogP contribution is 2.35. The highest BCUT2D eigenvalue weighted by molar-refractivity contribution is 5.86. The summed E-state index contributed by atoms with van der Waals surface area (Å²) in [4.78, 5) is 11.9. The molecule has 26 heavy (non-hydrogen) atoms. The van der Waals surface area contributed by atoms with Crippen molar-refractivity contribution in [1.82, 2.24) is 5.01 Å². The van der Waals surface area contributed by atoms with Gasteiger partial charge in [0.15, 0.2) is 11.5 Å². The maximum absolute atomic E-state index is 11.9. The van der Waals surface area contributed by atoms with Crippen LogP contribution in [0.25, 0.3) is 0 Å². The fraction of sp³-hybridized carbons (Fsp3) is 0.333. The van der Waals surface area contributed by atoms with E-state index in [1.165, 1.54) is 16.1 Å². The smallest absolute Gasteiger partial charge is 0.243 e. The third kappa shape index (κ3) is 3.17. The second kappa shape index (κ2) is 6.83. The van der Waals surface area contributed by atoms with Crippen LogP contribution in [0.5, 0.6) is 11.5 Å². The van der Waals surface area contributed by atoms with Crippen LogP contribution in [0.4, 0.5) is 0 Å². The fourth-order valence-electron chi connectivity index (χ4n) is 3.62. The molecule has 5 heteroatoms. The Labute approximate surface area is 153 Å². The third-order valence-electron chi connectivity index (χ3n) is 5.10. The molecule has 0 fully saturated rings. The molecule has 1 heterocycles. The van der Waals surface area contributed by atoms with Gasteiger partial charge >= 0.3 is 0 Å². The Kier molecular flexibility index (Phi) is 4.37. The number of benzene rings is 2. The summed E-state index contributed by atoms with van der Waals surface area (Å²) in [6.45, 7) is 0. The largest absolute Gasteiger partial charge is 0.493 e. The lowest BCUT2D eigenvalue weighted by Crippen LogP contribution is -2.28. The van der Waals surface area contributed by atoms with Crippen molar-refractivity contribution in [3.8, 4) is 11.5 Å².